The minimum absolute atomic E-state index is 0.0583. The number of aliphatic hydroxyl groups is 1. The summed E-state index contributed by atoms with van der Waals surface area (Å²) < 4.78 is 7.47. The lowest BCUT2D eigenvalue weighted by molar-refractivity contribution is -0.0566. The van der Waals surface area contributed by atoms with Crippen LogP contribution < -0.4 is 5.32 Å². The van der Waals surface area contributed by atoms with Crippen LogP contribution >= 0.6 is 0 Å². The van der Waals surface area contributed by atoms with E-state index in [-0.39, 0.29) is 24.7 Å². The van der Waals surface area contributed by atoms with Crippen molar-refractivity contribution in [2.24, 2.45) is 0 Å². The van der Waals surface area contributed by atoms with Crippen molar-refractivity contribution in [2.45, 2.75) is 44.5 Å². The highest BCUT2D eigenvalue weighted by atomic mass is 16.5. The molecule has 7 heteroatoms. The largest absolute Gasteiger partial charge is 0.396 e. The molecule has 3 atom stereocenters. The molecule has 2 fully saturated rings. The number of carbonyl (C=O) groups is 1. The van der Waals surface area contributed by atoms with Crippen LogP contribution in [0.5, 0.6) is 0 Å². The first-order valence-electron chi connectivity index (χ1n) is 8.00. The van der Waals surface area contributed by atoms with E-state index >= 15 is 0 Å². The number of nitrogens with one attached hydrogen (secondary N) is 1. The lowest BCUT2D eigenvalue weighted by Crippen LogP contribution is -2.46. The first kappa shape index (κ1) is 15.5. The molecule has 2 aliphatic heterocycles. The zero-order valence-corrected chi connectivity index (χ0v) is 12.9. The van der Waals surface area contributed by atoms with E-state index in [1.165, 1.54) is 0 Å². The Balaban J connectivity index is 1.56. The molecule has 122 valence electrons. The molecule has 2 N–H and O–H groups in total. The summed E-state index contributed by atoms with van der Waals surface area (Å²) in [7, 11) is 0. The Labute approximate surface area is 130 Å². The van der Waals surface area contributed by atoms with Crippen LogP contribution in [0.2, 0.25) is 0 Å². The fourth-order valence-electron chi connectivity index (χ4n) is 3.40. The lowest BCUT2D eigenvalue weighted by atomic mass is 10.1. The molecular formula is C15H24N4O3. The smallest absolute Gasteiger partial charge is 0.269 e. The van der Waals surface area contributed by atoms with E-state index in [9.17, 15) is 4.79 Å². The van der Waals surface area contributed by atoms with Crippen molar-refractivity contribution in [1.82, 2.24) is 20.0 Å². The number of fused-ring (bicyclic) bond motifs is 1. The van der Waals surface area contributed by atoms with Gasteiger partial charge in [0.2, 0.25) is 0 Å². The molecule has 3 rings (SSSR count). The Kier molecular flexibility index (Phi) is 4.75. The number of hydrogen-bond acceptors (Lipinski definition) is 5. The van der Waals surface area contributed by atoms with Crippen molar-refractivity contribution in [3.8, 4) is 0 Å². The summed E-state index contributed by atoms with van der Waals surface area (Å²) in [5.74, 6) is -0.0583. The fourth-order valence-corrected chi connectivity index (χ4v) is 3.40. The summed E-state index contributed by atoms with van der Waals surface area (Å²) in [6.07, 6.45) is 3.36. The van der Waals surface area contributed by atoms with E-state index in [0.29, 0.717) is 31.3 Å². The van der Waals surface area contributed by atoms with Gasteiger partial charge in [-0.1, -0.05) is 0 Å². The van der Waals surface area contributed by atoms with Crippen LogP contribution in [0.4, 0.5) is 0 Å². The first-order chi connectivity index (χ1) is 10.7. The second kappa shape index (κ2) is 6.76. The molecule has 1 aromatic heterocycles. The molecule has 1 amide bonds. The number of morpholine rings is 1. The fraction of sp³-hybridized carbons (Fsp3) is 0.733. The molecule has 7 nitrogen and oxygen atoms in total. The van der Waals surface area contributed by atoms with Gasteiger partial charge in [-0.05, 0) is 25.8 Å². The van der Waals surface area contributed by atoms with Gasteiger partial charge < -0.3 is 15.2 Å². The summed E-state index contributed by atoms with van der Waals surface area (Å²) in [5, 5.41) is 16.3. The Bertz CT molecular complexity index is 519. The van der Waals surface area contributed by atoms with E-state index in [0.717, 1.165) is 19.5 Å². The Hall–Kier alpha value is -1.44. The third-order valence-electron chi connectivity index (χ3n) is 4.53. The number of ether oxygens (including phenoxy) is 1. The topological polar surface area (TPSA) is 79.6 Å². The number of aliphatic hydroxyl groups excluding tert-OH is 1. The molecule has 0 radical (unpaired) electrons. The zero-order chi connectivity index (χ0) is 15.5. The van der Waals surface area contributed by atoms with Crippen molar-refractivity contribution < 1.29 is 14.6 Å². The number of aromatic nitrogens is 2. The summed E-state index contributed by atoms with van der Waals surface area (Å²) in [4.78, 5) is 14.7. The van der Waals surface area contributed by atoms with Crippen LogP contribution in [0, 0.1) is 0 Å². The minimum atomic E-state index is -0.0583. The van der Waals surface area contributed by atoms with Crippen molar-refractivity contribution in [3.63, 3.8) is 0 Å². The number of aryl methyl sites for hydroxylation is 1. The van der Waals surface area contributed by atoms with Crippen molar-refractivity contribution in [3.05, 3.63) is 18.0 Å². The third kappa shape index (κ3) is 3.16. The minimum Gasteiger partial charge on any atom is -0.396 e. The molecule has 2 saturated heterocycles. The summed E-state index contributed by atoms with van der Waals surface area (Å²) in [5.41, 5.74) is 0.613. The van der Waals surface area contributed by atoms with Gasteiger partial charge in [-0.15, -0.1) is 0 Å². The molecule has 0 unspecified atom stereocenters. The number of carbonyl (C=O) groups excluding carboxylic acids is 1. The van der Waals surface area contributed by atoms with Gasteiger partial charge in [0.05, 0.1) is 12.7 Å². The highest BCUT2D eigenvalue weighted by Crippen LogP contribution is 2.24. The Morgan fingerprint density at radius 3 is 3.18 bits per heavy atom. The lowest BCUT2D eigenvalue weighted by Gasteiger charge is -2.34. The van der Waals surface area contributed by atoms with Gasteiger partial charge in [0, 0.05) is 44.5 Å². The molecular weight excluding hydrogens is 284 g/mol. The summed E-state index contributed by atoms with van der Waals surface area (Å²) in [6.45, 7) is 5.19. The Morgan fingerprint density at radius 1 is 1.55 bits per heavy atom. The summed E-state index contributed by atoms with van der Waals surface area (Å²) in [6, 6.07) is 2.27. The molecule has 0 saturated carbocycles. The molecule has 0 spiro atoms. The van der Waals surface area contributed by atoms with Crippen LogP contribution in [-0.4, -0.2) is 70.2 Å². The molecule has 3 heterocycles. The highest BCUT2D eigenvalue weighted by molar-refractivity contribution is 5.92. The maximum absolute atomic E-state index is 12.4. The molecule has 1 aromatic rings. The van der Waals surface area contributed by atoms with E-state index in [1.54, 1.807) is 16.9 Å². The summed E-state index contributed by atoms with van der Waals surface area (Å²) >= 11 is 0. The van der Waals surface area contributed by atoms with Crippen molar-refractivity contribution in [1.29, 1.82) is 0 Å². The van der Waals surface area contributed by atoms with Crippen molar-refractivity contribution >= 4 is 5.91 Å². The van der Waals surface area contributed by atoms with E-state index in [2.05, 4.69) is 15.3 Å². The van der Waals surface area contributed by atoms with Gasteiger partial charge in [0.1, 0.15) is 5.69 Å². The number of hydrogen-bond donors (Lipinski definition) is 2. The molecule has 2 aliphatic rings. The number of amides is 1. The predicted molar refractivity (Wildman–Crippen MR) is 80.6 cm³/mol. The van der Waals surface area contributed by atoms with Crippen molar-refractivity contribution in [2.75, 3.05) is 26.3 Å². The second-order valence-electron chi connectivity index (χ2n) is 6.01. The standard InChI is InChI=1S/C15H24N4O3/c1-2-19-14(3-5-16-19)15(21)17-11-7-12-10-22-13(4-6-20)9-18(12)8-11/h3,5,11-13,20H,2,4,6-10H2,1H3,(H,17,21)/t11-,12-,13-/m0/s1. The van der Waals surface area contributed by atoms with Gasteiger partial charge in [-0.3, -0.25) is 14.4 Å². The second-order valence-corrected chi connectivity index (χ2v) is 6.01. The first-order valence-corrected chi connectivity index (χ1v) is 8.00. The van der Waals surface area contributed by atoms with Gasteiger partial charge in [-0.25, -0.2) is 0 Å². The van der Waals surface area contributed by atoms with Crippen LogP contribution in [0.25, 0.3) is 0 Å². The van der Waals surface area contributed by atoms with Crippen LogP contribution in [-0.2, 0) is 11.3 Å². The van der Waals surface area contributed by atoms with Crippen LogP contribution in [0.3, 0.4) is 0 Å². The van der Waals surface area contributed by atoms with Crippen LogP contribution in [0.15, 0.2) is 12.3 Å². The highest BCUT2D eigenvalue weighted by Gasteiger charge is 2.37. The van der Waals surface area contributed by atoms with Gasteiger partial charge in [0.25, 0.3) is 5.91 Å². The van der Waals surface area contributed by atoms with Gasteiger partial charge in [0.15, 0.2) is 0 Å². The maximum Gasteiger partial charge on any atom is 0.269 e. The van der Waals surface area contributed by atoms with E-state index in [4.69, 9.17) is 9.84 Å². The van der Waals surface area contributed by atoms with Gasteiger partial charge >= 0.3 is 0 Å². The van der Waals surface area contributed by atoms with Gasteiger partial charge in [-0.2, -0.15) is 5.10 Å². The van der Waals surface area contributed by atoms with E-state index < -0.39 is 0 Å². The number of rotatable bonds is 5. The van der Waals surface area contributed by atoms with Crippen LogP contribution in [0.1, 0.15) is 30.3 Å². The average molecular weight is 308 g/mol. The molecule has 0 aromatic carbocycles. The molecule has 0 bridgehead atoms. The molecule has 0 aliphatic carbocycles. The third-order valence-corrected chi connectivity index (χ3v) is 4.53. The quantitative estimate of drug-likeness (QED) is 0.791. The monoisotopic (exact) mass is 308 g/mol. The Morgan fingerprint density at radius 2 is 2.41 bits per heavy atom. The SMILES string of the molecule is CCn1nccc1C(=O)N[C@H]1C[C@H]2CO[C@@H](CCO)CN2C1. The average Bonchev–Trinajstić information content (AvgIpc) is 3.12. The normalized spacial score (nSPS) is 28.5. The maximum atomic E-state index is 12.4. The molecule has 22 heavy (non-hydrogen) atoms. The predicted octanol–water partition coefficient (Wildman–Crippen LogP) is -0.143. The zero-order valence-electron chi connectivity index (χ0n) is 12.9. The van der Waals surface area contributed by atoms with E-state index in [1.807, 2.05) is 6.92 Å². The number of nitrogens with zero attached hydrogens (tertiary/aromatic N) is 3.